The summed E-state index contributed by atoms with van der Waals surface area (Å²) >= 11 is 12.1. The second kappa shape index (κ2) is 9.10. The second-order valence-corrected chi connectivity index (χ2v) is 6.82. The molecule has 0 fully saturated rings. The molecule has 1 amide bonds. The van der Waals surface area contributed by atoms with E-state index in [1.807, 2.05) is 0 Å². The van der Waals surface area contributed by atoms with E-state index in [-0.39, 0.29) is 32.9 Å². The molecule has 2 aromatic heterocycles. The molecule has 0 aliphatic rings. The number of nitrogen functional groups attached to an aromatic ring is 1. The van der Waals surface area contributed by atoms with Crippen molar-refractivity contribution < 1.29 is 18.7 Å². The van der Waals surface area contributed by atoms with Crippen LogP contribution in [0.25, 0.3) is 0 Å². The summed E-state index contributed by atoms with van der Waals surface area (Å²) in [6, 6.07) is 7.04. The maximum absolute atomic E-state index is 13.8. The standard InChI is InChI=1S/C19H16Cl2FN5O3/c1-9(16-11(20)4-5-12(22)17(16)21)30-14-7-13(26-27-18(14)23)19(28)25-10-3-6-15(29-2)24-8-10/h3-9H,1-2H3,(H2,23,27)(H,25,28). The van der Waals surface area contributed by atoms with Crippen molar-refractivity contribution in [2.45, 2.75) is 13.0 Å². The molecule has 8 nitrogen and oxygen atoms in total. The highest BCUT2D eigenvalue weighted by Crippen LogP contribution is 2.35. The van der Waals surface area contributed by atoms with Gasteiger partial charge in [0.15, 0.2) is 17.3 Å². The normalized spacial score (nSPS) is 11.6. The van der Waals surface area contributed by atoms with Gasteiger partial charge in [-0.1, -0.05) is 23.2 Å². The Morgan fingerprint density at radius 3 is 2.67 bits per heavy atom. The number of halogens is 3. The van der Waals surface area contributed by atoms with Crippen LogP contribution in [0.15, 0.2) is 36.5 Å². The summed E-state index contributed by atoms with van der Waals surface area (Å²) in [6.07, 6.45) is 0.642. The molecule has 0 spiro atoms. The number of nitrogens with two attached hydrogens (primary N) is 1. The average molecular weight is 452 g/mol. The summed E-state index contributed by atoms with van der Waals surface area (Å²) in [4.78, 5) is 16.5. The lowest BCUT2D eigenvalue weighted by Gasteiger charge is -2.19. The van der Waals surface area contributed by atoms with Crippen molar-refractivity contribution in [2.75, 3.05) is 18.2 Å². The summed E-state index contributed by atoms with van der Waals surface area (Å²) in [5.41, 5.74) is 6.42. The molecule has 0 bridgehead atoms. The molecule has 1 atom stereocenters. The third-order valence-corrected chi connectivity index (χ3v) is 4.73. The molecule has 3 aromatic rings. The topological polar surface area (TPSA) is 112 Å². The fraction of sp³-hybridized carbons (Fsp3) is 0.158. The van der Waals surface area contributed by atoms with Crippen LogP contribution in [0.5, 0.6) is 11.6 Å². The van der Waals surface area contributed by atoms with Gasteiger partial charge in [-0.2, -0.15) is 0 Å². The third-order valence-electron chi connectivity index (χ3n) is 4.01. The quantitative estimate of drug-likeness (QED) is 0.537. The van der Waals surface area contributed by atoms with Crippen molar-refractivity contribution in [3.8, 4) is 11.6 Å². The zero-order chi connectivity index (χ0) is 21.8. The molecule has 0 saturated carbocycles. The first kappa shape index (κ1) is 21.5. The molecule has 11 heteroatoms. The van der Waals surface area contributed by atoms with Gasteiger partial charge in [-0.15, -0.1) is 10.2 Å². The Kier molecular flexibility index (Phi) is 6.53. The molecule has 3 N–H and O–H groups in total. The number of hydrogen-bond donors (Lipinski definition) is 2. The SMILES string of the molecule is COc1ccc(NC(=O)c2cc(OC(C)c3c(Cl)ccc(F)c3Cl)c(N)nn2)cn1. The number of benzene rings is 1. The van der Waals surface area contributed by atoms with Crippen molar-refractivity contribution in [3.63, 3.8) is 0 Å². The molecule has 0 saturated heterocycles. The summed E-state index contributed by atoms with van der Waals surface area (Å²) in [7, 11) is 1.48. The number of hydrogen-bond acceptors (Lipinski definition) is 7. The molecular formula is C19H16Cl2FN5O3. The van der Waals surface area contributed by atoms with Crippen molar-refractivity contribution in [1.82, 2.24) is 15.2 Å². The van der Waals surface area contributed by atoms with E-state index in [1.165, 1.54) is 25.4 Å². The lowest BCUT2D eigenvalue weighted by Crippen LogP contribution is -2.16. The molecule has 0 aliphatic carbocycles. The smallest absolute Gasteiger partial charge is 0.276 e. The number of methoxy groups -OCH3 is 1. The molecule has 0 aliphatic heterocycles. The summed E-state index contributed by atoms with van der Waals surface area (Å²) in [6.45, 7) is 1.61. The summed E-state index contributed by atoms with van der Waals surface area (Å²) in [5, 5.41) is 10.2. The van der Waals surface area contributed by atoms with Gasteiger partial charge in [0.2, 0.25) is 5.88 Å². The van der Waals surface area contributed by atoms with Crippen LogP contribution in [-0.2, 0) is 0 Å². The monoisotopic (exact) mass is 451 g/mol. The number of nitrogens with one attached hydrogen (secondary N) is 1. The van der Waals surface area contributed by atoms with Gasteiger partial charge in [0.1, 0.15) is 11.9 Å². The fourth-order valence-electron chi connectivity index (χ4n) is 2.52. The van der Waals surface area contributed by atoms with Crippen molar-refractivity contribution in [3.05, 3.63) is 63.6 Å². The predicted octanol–water partition coefficient (Wildman–Crippen LogP) is 4.30. The molecule has 30 heavy (non-hydrogen) atoms. The summed E-state index contributed by atoms with van der Waals surface area (Å²) < 4.78 is 24.5. The molecule has 156 valence electrons. The molecule has 0 radical (unpaired) electrons. The first-order chi connectivity index (χ1) is 14.3. The number of rotatable bonds is 6. The van der Waals surface area contributed by atoms with E-state index in [0.29, 0.717) is 11.6 Å². The van der Waals surface area contributed by atoms with E-state index in [1.54, 1.807) is 19.1 Å². The van der Waals surface area contributed by atoms with Crippen LogP contribution < -0.4 is 20.5 Å². The van der Waals surface area contributed by atoms with E-state index >= 15 is 0 Å². The number of amides is 1. The van der Waals surface area contributed by atoms with Crippen molar-refractivity contribution >= 4 is 40.6 Å². The van der Waals surface area contributed by atoms with Crippen LogP contribution in [0.3, 0.4) is 0 Å². The van der Waals surface area contributed by atoms with Crippen LogP contribution in [0.2, 0.25) is 10.0 Å². The number of carbonyl (C=O) groups is 1. The number of nitrogens with zero attached hydrogens (tertiary/aromatic N) is 3. The fourth-order valence-corrected chi connectivity index (χ4v) is 3.20. The Hall–Kier alpha value is -3.17. The van der Waals surface area contributed by atoms with Crippen LogP contribution >= 0.6 is 23.2 Å². The number of aromatic nitrogens is 3. The van der Waals surface area contributed by atoms with Gasteiger partial charge in [0, 0.05) is 22.7 Å². The van der Waals surface area contributed by atoms with Crippen LogP contribution in [0, 0.1) is 5.82 Å². The largest absolute Gasteiger partial charge is 0.482 e. The highest BCUT2D eigenvalue weighted by atomic mass is 35.5. The van der Waals surface area contributed by atoms with Crippen LogP contribution in [0.4, 0.5) is 15.9 Å². The molecule has 1 aromatic carbocycles. The first-order valence-corrected chi connectivity index (χ1v) is 9.30. The zero-order valence-corrected chi connectivity index (χ0v) is 17.3. The van der Waals surface area contributed by atoms with Gasteiger partial charge in [-0.05, 0) is 25.1 Å². The lowest BCUT2D eigenvalue weighted by molar-refractivity contribution is 0.102. The van der Waals surface area contributed by atoms with E-state index in [0.717, 1.165) is 6.07 Å². The van der Waals surface area contributed by atoms with E-state index in [2.05, 4.69) is 20.5 Å². The molecular weight excluding hydrogens is 436 g/mol. The van der Waals surface area contributed by atoms with Crippen LogP contribution in [0.1, 0.15) is 29.1 Å². The Morgan fingerprint density at radius 2 is 2.00 bits per heavy atom. The highest BCUT2D eigenvalue weighted by Gasteiger charge is 2.21. The highest BCUT2D eigenvalue weighted by molar-refractivity contribution is 6.36. The van der Waals surface area contributed by atoms with E-state index < -0.39 is 17.8 Å². The van der Waals surface area contributed by atoms with Gasteiger partial charge in [0.05, 0.1) is 24.0 Å². The van der Waals surface area contributed by atoms with E-state index in [4.69, 9.17) is 38.4 Å². The zero-order valence-electron chi connectivity index (χ0n) is 15.8. The maximum atomic E-state index is 13.8. The number of anilines is 2. The number of carbonyl (C=O) groups excluding carboxylic acids is 1. The van der Waals surface area contributed by atoms with Gasteiger partial charge in [-0.25, -0.2) is 9.37 Å². The Bertz CT molecular complexity index is 1080. The Morgan fingerprint density at radius 1 is 1.23 bits per heavy atom. The first-order valence-electron chi connectivity index (χ1n) is 8.54. The maximum Gasteiger partial charge on any atom is 0.276 e. The number of ether oxygens (including phenoxy) is 2. The van der Waals surface area contributed by atoms with E-state index in [9.17, 15) is 9.18 Å². The van der Waals surface area contributed by atoms with Gasteiger partial charge < -0.3 is 20.5 Å². The molecule has 1 unspecified atom stereocenters. The third kappa shape index (κ3) is 4.69. The lowest BCUT2D eigenvalue weighted by atomic mass is 10.1. The van der Waals surface area contributed by atoms with Crippen molar-refractivity contribution in [2.24, 2.45) is 0 Å². The average Bonchev–Trinajstić information content (AvgIpc) is 2.73. The van der Waals surface area contributed by atoms with Crippen LogP contribution in [-0.4, -0.2) is 28.2 Å². The summed E-state index contributed by atoms with van der Waals surface area (Å²) in [5.74, 6) is -0.797. The van der Waals surface area contributed by atoms with Gasteiger partial charge in [0.25, 0.3) is 5.91 Å². The van der Waals surface area contributed by atoms with Crippen molar-refractivity contribution in [1.29, 1.82) is 0 Å². The second-order valence-electron chi connectivity index (χ2n) is 6.04. The van der Waals surface area contributed by atoms with Gasteiger partial charge in [-0.3, -0.25) is 4.79 Å². The molecule has 3 rings (SSSR count). The number of pyridine rings is 1. The minimum atomic E-state index is -0.783. The Labute approximate surface area is 181 Å². The van der Waals surface area contributed by atoms with Gasteiger partial charge >= 0.3 is 0 Å². The minimum Gasteiger partial charge on any atom is -0.482 e. The Balaban J connectivity index is 1.81. The predicted molar refractivity (Wildman–Crippen MR) is 111 cm³/mol. The molecule has 2 heterocycles. The minimum absolute atomic E-state index is 0.0568.